The minimum absolute atomic E-state index is 0.173. The fourth-order valence-corrected chi connectivity index (χ4v) is 3.07. The Morgan fingerprint density at radius 3 is 2.26 bits per heavy atom. The number of ether oxygens (including phenoxy) is 1. The van der Waals surface area contributed by atoms with Crippen LogP contribution in [0.2, 0.25) is 5.02 Å². The smallest absolute Gasteiger partial charge is 0.308 e. The number of esters is 1. The van der Waals surface area contributed by atoms with E-state index in [1.165, 1.54) is 31.2 Å². The lowest BCUT2D eigenvalue weighted by Crippen LogP contribution is -2.25. The van der Waals surface area contributed by atoms with Crippen molar-refractivity contribution in [1.29, 1.82) is 0 Å². The highest BCUT2D eigenvalue weighted by Gasteiger charge is 2.12. The largest absolute Gasteiger partial charge is 0.427 e. The first kappa shape index (κ1) is 17.5. The van der Waals surface area contributed by atoms with Gasteiger partial charge < -0.3 is 4.74 Å². The monoisotopic (exact) mass is 353 g/mol. The Morgan fingerprint density at radius 1 is 1.09 bits per heavy atom. The van der Waals surface area contributed by atoms with Crippen LogP contribution in [0, 0.1) is 0 Å². The van der Waals surface area contributed by atoms with Crippen LogP contribution in [0.4, 0.5) is 0 Å². The highest BCUT2D eigenvalue weighted by molar-refractivity contribution is 7.89. The zero-order chi connectivity index (χ0) is 16.9. The molecule has 0 unspecified atom stereocenters. The Hall–Kier alpha value is -1.89. The molecule has 0 aliphatic heterocycles. The lowest BCUT2D eigenvalue weighted by Gasteiger charge is -2.07. The Morgan fingerprint density at radius 2 is 1.70 bits per heavy atom. The normalized spacial score (nSPS) is 11.2. The molecule has 0 atom stereocenters. The summed E-state index contributed by atoms with van der Waals surface area (Å²) in [5.74, 6) is 0.0801. The molecule has 0 radical (unpaired) electrons. The number of nitrogens with one attached hydrogen (secondary N) is 1. The molecule has 2 aromatic carbocycles. The first-order valence-electron chi connectivity index (χ1n) is 6.89. The van der Waals surface area contributed by atoms with Gasteiger partial charge in [0.25, 0.3) is 0 Å². The van der Waals surface area contributed by atoms with Crippen LogP contribution in [0.15, 0.2) is 53.4 Å². The minimum Gasteiger partial charge on any atom is -0.427 e. The first-order valence-corrected chi connectivity index (χ1v) is 8.75. The molecular formula is C16H16ClNO4S. The van der Waals surface area contributed by atoms with E-state index >= 15 is 0 Å². The van der Waals surface area contributed by atoms with Crippen LogP contribution in [0.25, 0.3) is 0 Å². The average molecular weight is 354 g/mol. The van der Waals surface area contributed by atoms with Crippen molar-refractivity contribution in [2.24, 2.45) is 0 Å². The maximum Gasteiger partial charge on any atom is 0.308 e. The van der Waals surface area contributed by atoms with Crippen LogP contribution in [0.5, 0.6) is 5.75 Å². The molecule has 23 heavy (non-hydrogen) atoms. The summed E-state index contributed by atoms with van der Waals surface area (Å²) < 4.78 is 31.7. The number of sulfonamides is 1. The molecule has 0 saturated carbocycles. The second-order valence-electron chi connectivity index (χ2n) is 4.84. The summed E-state index contributed by atoms with van der Waals surface area (Å²) in [5, 5.41) is 0.483. The molecule has 0 amide bonds. The third-order valence-electron chi connectivity index (χ3n) is 3.01. The lowest BCUT2D eigenvalue weighted by atomic mass is 10.1. The molecule has 0 fully saturated rings. The molecule has 7 heteroatoms. The zero-order valence-electron chi connectivity index (χ0n) is 12.5. The first-order chi connectivity index (χ1) is 10.9. The summed E-state index contributed by atoms with van der Waals surface area (Å²) in [5.41, 5.74) is 0.930. The van der Waals surface area contributed by atoms with Crippen molar-refractivity contribution in [3.63, 3.8) is 0 Å². The maximum atomic E-state index is 12.1. The Labute approximate surface area is 140 Å². The Kier molecular flexibility index (Phi) is 5.76. The number of benzene rings is 2. The van der Waals surface area contributed by atoms with E-state index in [0.29, 0.717) is 17.2 Å². The number of carbonyl (C=O) groups excluding carboxylic acids is 1. The van der Waals surface area contributed by atoms with E-state index in [4.69, 9.17) is 16.3 Å². The highest BCUT2D eigenvalue weighted by Crippen LogP contribution is 2.15. The van der Waals surface area contributed by atoms with E-state index in [1.54, 1.807) is 24.3 Å². The maximum absolute atomic E-state index is 12.1. The van der Waals surface area contributed by atoms with Gasteiger partial charge in [-0.1, -0.05) is 23.7 Å². The summed E-state index contributed by atoms with van der Waals surface area (Å²) in [6.07, 6.45) is 0.521. The summed E-state index contributed by atoms with van der Waals surface area (Å²) in [6.45, 7) is 1.59. The van der Waals surface area contributed by atoms with Gasteiger partial charge in [-0.15, -0.1) is 0 Å². The Bertz CT molecular complexity index is 771. The third-order valence-corrected chi connectivity index (χ3v) is 4.74. The van der Waals surface area contributed by atoms with Crippen LogP contribution < -0.4 is 9.46 Å². The third kappa shape index (κ3) is 5.35. The fraction of sp³-hybridized carbons (Fsp3) is 0.188. The Balaban J connectivity index is 1.91. The molecule has 2 aromatic rings. The summed E-state index contributed by atoms with van der Waals surface area (Å²) in [7, 11) is -3.55. The van der Waals surface area contributed by atoms with Gasteiger partial charge in [0, 0.05) is 18.5 Å². The quantitative estimate of drug-likeness (QED) is 0.640. The number of rotatable bonds is 6. The van der Waals surface area contributed by atoms with Gasteiger partial charge in [0.1, 0.15) is 5.75 Å². The molecule has 0 heterocycles. The van der Waals surface area contributed by atoms with Crippen molar-refractivity contribution in [1.82, 2.24) is 4.72 Å². The number of hydrogen-bond acceptors (Lipinski definition) is 4. The molecule has 1 N–H and O–H groups in total. The summed E-state index contributed by atoms with van der Waals surface area (Å²) in [6, 6.07) is 12.9. The molecule has 0 spiro atoms. The molecule has 0 aliphatic rings. The molecular weight excluding hydrogens is 338 g/mol. The second-order valence-corrected chi connectivity index (χ2v) is 7.04. The standard InChI is InChI=1S/C16H16ClNO4S/c1-12(19)22-15-6-2-13(3-7-15)10-11-18-23(20,21)16-8-4-14(17)5-9-16/h2-9,18H,10-11H2,1H3. The molecule has 0 aromatic heterocycles. The second kappa shape index (κ2) is 7.59. The van der Waals surface area contributed by atoms with Crippen LogP contribution in [-0.4, -0.2) is 20.9 Å². The lowest BCUT2D eigenvalue weighted by molar-refractivity contribution is -0.131. The van der Waals surface area contributed by atoms with Gasteiger partial charge >= 0.3 is 5.97 Å². The number of carbonyl (C=O) groups is 1. The van der Waals surface area contributed by atoms with E-state index in [0.717, 1.165) is 5.56 Å². The SMILES string of the molecule is CC(=O)Oc1ccc(CCNS(=O)(=O)c2ccc(Cl)cc2)cc1. The van der Waals surface area contributed by atoms with Gasteiger partial charge in [-0.25, -0.2) is 13.1 Å². The van der Waals surface area contributed by atoms with Crippen LogP contribution in [0.1, 0.15) is 12.5 Å². The van der Waals surface area contributed by atoms with Crippen molar-refractivity contribution >= 4 is 27.6 Å². The van der Waals surface area contributed by atoms with Gasteiger partial charge in [-0.2, -0.15) is 0 Å². The van der Waals surface area contributed by atoms with Crippen LogP contribution in [-0.2, 0) is 21.2 Å². The molecule has 5 nitrogen and oxygen atoms in total. The minimum atomic E-state index is -3.55. The van der Waals surface area contributed by atoms with Gasteiger partial charge in [0.2, 0.25) is 10.0 Å². The summed E-state index contributed by atoms with van der Waals surface area (Å²) in [4.78, 5) is 11.0. The van der Waals surface area contributed by atoms with Gasteiger partial charge in [0.15, 0.2) is 0 Å². The molecule has 122 valence electrons. The van der Waals surface area contributed by atoms with E-state index in [2.05, 4.69) is 4.72 Å². The van der Waals surface area contributed by atoms with Gasteiger partial charge in [-0.05, 0) is 48.4 Å². The van der Waals surface area contributed by atoms with Crippen LogP contribution >= 0.6 is 11.6 Å². The van der Waals surface area contributed by atoms with Crippen molar-refractivity contribution in [2.45, 2.75) is 18.2 Å². The molecule has 0 bridgehead atoms. The average Bonchev–Trinajstić information content (AvgIpc) is 2.49. The van der Waals surface area contributed by atoms with E-state index in [9.17, 15) is 13.2 Å². The van der Waals surface area contributed by atoms with E-state index in [-0.39, 0.29) is 17.4 Å². The molecule has 0 aliphatic carbocycles. The number of halogens is 1. The van der Waals surface area contributed by atoms with Crippen molar-refractivity contribution in [3.05, 3.63) is 59.1 Å². The van der Waals surface area contributed by atoms with Gasteiger partial charge in [0.05, 0.1) is 4.90 Å². The molecule has 0 saturated heterocycles. The fourth-order valence-electron chi connectivity index (χ4n) is 1.92. The van der Waals surface area contributed by atoms with Crippen molar-refractivity contribution in [3.8, 4) is 5.75 Å². The van der Waals surface area contributed by atoms with Crippen LogP contribution in [0.3, 0.4) is 0 Å². The topological polar surface area (TPSA) is 72.5 Å². The highest BCUT2D eigenvalue weighted by atomic mass is 35.5. The van der Waals surface area contributed by atoms with E-state index < -0.39 is 10.0 Å². The van der Waals surface area contributed by atoms with E-state index in [1.807, 2.05) is 0 Å². The predicted octanol–water partition coefficient (Wildman–Crippen LogP) is 2.79. The summed E-state index contributed by atoms with van der Waals surface area (Å²) >= 11 is 5.74. The number of hydrogen-bond donors (Lipinski definition) is 1. The zero-order valence-corrected chi connectivity index (χ0v) is 14.0. The van der Waals surface area contributed by atoms with Gasteiger partial charge in [-0.3, -0.25) is 4.79 Å². The van der Waals surface area contributed by atoms with Crippen molar-refractivity contribution < 1.29 is 17.9 Å². The van der Waals surface area contributed by atoms with Crippen molar-refractivity contribution in [2.75, 3.05) is 6.54 Å². The predicted molar refractivity (Wildman–Crippen MR) is 88.1 cm³/mol. The molecule has 2 rings (SSSR count).